The maximum absolute atomic E-state index is 11.6. The van der Waals surface area contributed by atoms with E-state index in [0.717, 1.165) is 0 Å². The number of anilines is 1. The third-order valence-electron chi connectivity index (χ3n) is 2.72. The number of hydrogen-bond acceptors (Lipinski definition) is 6. The van der Waals surface area contributed by atoms with Gasteiger partial charge < -0.3 is 14.9 Å². The third kappa shape index (κ3) is 3.27. The lowest BCUT2D eigenvalue weighted by atomic mass is 10.2. The quantitative estimate of drug-likeness (QED) is 0.377. The van der Waals surface area contributed by atoms with Crippen molar-refractivity contribution in [2.75, 3.05) is 12.5 Å². The Hall–Kier alpha value is -2.44. The number of methoxy groups -OCH3 is 1. The van der Waals surface area contributed by atoms with Crippen LogP contribution < -0.4 is 10.2 Å². The van der Waals surface area contributed by atoms with Crippen LogP contribution in [-0.2, 0) is 4.79 Å². The summed E-state index contributed by atoms with van der Waals surface area (Å²) >= 11 is 0. The number of ether oxygens (including phenoxy) is 1. The number of nitrogens with one attached hydrogen (secondary N) is 1. The van der Waals surface area contributed by atoms with E-state index < -0.39 is 16.5 Å². The molecule has 7 heteroatoms. The maximum atomic E-state index is 11.6. The molecule has 0 bridgehead atoms. The van der Waals surface area contributed by atoms with Crippen molar-refractivity contribution in [3.8, 4) is 5.75 Å². The van der Waals surface area contributed by atoms with Crippen LogP contribution in [-0.4, -0.2) is 23.7 Å². The minimum atomic E-state index is -0.753. The van der Waals surface area contributed by atoms with Crippen LogP contribution in [0.2, 0.25) is 0 Å². The van der Waals surface area contributed by atoms with Crippen molar-refractivity contribution in [2.45, 2.75) is 12.8 Å². The Morgan fingerprint density at radius 3 is 2.53 bits per heavy atom. The molecule has 1 N–H and O–H groups in total. The van der Waals surface area contributed by atoms with Gasteiger partial charge in [-0.05, 0) is 42.0 Å². The molecule has 1 aliphatic carbocycles. The molecule has 0 heterocycles. The minimum absolute atomic E-state index is 0.234. The SMILES string of the molecule is COc1ccc(N/N=C(/C(=O)C2CC2)[N+](=O)[O-])cc1. The lowest BCUT2D eigenvalue weighted by Crippen LogP contribution is -2.25. The zero-order chi connectivity index (χ0) is 13.8. The number of ketones is 1. The highest BCUT2D eigenvalue weighted by Gasteiger charge is 2.39. The predicted molar refractivity (Wildman–Crippen MR) is 68.8 cm³/mol. The molecule has 0 atom stereocenters. The van der Waals surface area contributed by atoms with E-state index in [1.807, 2.05) is 0 Å². The second-order valence-corrected chi connectivity index (χ2v) is 4.17. The van der Waals surface area contributed by atoms with Gasteiger partial charge in [0.2, 0.25) is 0 Å². The highest BCUT2D eigenvalue weighted by molar-refractivity contribution is 6.36. The molecule has 0 aliphatic heterocycles. The number of hydrogen-bond donors (Lipinski definition) is 1. The predicted octanol–water partition coefficient (Wildman–Crippen LogP) is 1.68. The molecule has 0 radical (unpaired) electrons. The Morgan fingerprint density at radius 2 is 2.05 bits per heavy atom. The summed E-state index contributed by atoms with van der Waals surface area (Å²) in [6, 6.07) is 6.68. The van der Waals surface area contributed by atoms with Gasteiger partial charge in [-0.15, -0.1) is 0 Å². The average Bonchev–Trinajstić information content (AvgIpc) is 3.23. The summed E-state index contributed by atoms with van der Waals surface area (Å²) < 4.78 is 4.99. The van der Waals surface area contributed by atoms with Gasteiger partial charge in [0, 0.05) is 5.92 Å². The maximum Gasteiger partial charge on any atom is 0.431 e. The fraction of sp³-hybridized carbons (Fsp3) is 0.333. The first-order valence-electron chi connectivity index (χ1n) is 5.78. The van der Waals surface area contributed by atoms with E-state index in [0.29, 0.717) is 24.3 Å². The monoisotopic (exact) mass is 263 g/mol. The minimum Gasteiger partial charge on any atom is -0.497 e. The number of nitrogens with zero attached hydrogens (tertiary/aromatic N) is 2. The topological polar surface area (TPSA) is 93.8 Å². The molecule has 19 heavy (non-hydrogen) atoms. The lowest BCUT2D eigenvalue weighted by Gasteiger charge is -2.00. The number of hydrazone groups is 1. The van der Waals surface area contributed by atoms with Crippen LogP contribution in [0.3, 0.4) is 0 Å². The van der Waals surface area contributed by atoms with Crippen LogP contribution >= 0.6 is 0 Å². The first-order chi connectivity index (χ1) is 9.11. The molecular formula is C12H13N3O4. The Labute approximate surface area is 109 Å². The van der Waals surface area contributed by atoms with E-state index in [2.05, 4.69) is 10.5 Å². The Balaban J connectivity index is 2.08. The van der Waals surface area contributed by atoms with Crippen LogP contribution in [0, 0.1) is 16.0 Å². The number of nitro groups is 1. The summed E-state index contributed by atoms with van der Waals surface area (Å²) in [7, 11) is 1.54. The summed E-state index contributed by atoms with van der Waals surface area (Å²) in [5, 5.41) is 14.4. The number of amidine groups is 1. The molecular weight excluding hydrogens is 250 g/mol. The highest BCUT2D eigenvalue weighted by Crippen LogP contribution is 2.30. The standard InChI is InChI=1S/C12H13N3O4/c1-19-10-6-4-9(5-7-10)13-14-12(15(17)18)11(16)8-2-3-8/h4-8,13H,2-3H2,1H3/b14-12-. The van der Waals surface area contributed by atoms with Crippen molar-refractivity contribution in [1.29, 1.82) is 0 Å². The van der Waals surface area contributed by atoms with Crippen LogP contribution in [0.4, 0.5) is 5.69 Å². The largest absolute Gasteiger partial charge is 0.497 e. The van der Waals surface area contributed by atoms with Gasteiger partial charge in [0.05, 0.1) is 17.9 Å². The Bertz CT molecular complexity index is 520. The summed E-state index contributed by atoms with van der Waals surface area (Å²) in [5.41, 5.74) is 3.06. The molecule has 7 nitrogen and oxygen atoms in total. The molecule has 1 fully saturated rings. The van der Waals surface area contributed by atoms with E-state index in [1.165, 1.54) is 0 Å². The molecule has 100 valence electrons. The molecule has 1 aromatic carbocycles. The van der Waals surface area contributed by atoms with Gasteiger partial charge in [-0.2, -0.15) is 5.43 Å². The Morgan fingerprint density at radius 1 is 1.42 bits per heavy atom. The third-order valence-corrected chi connectivity index (χ3v) is 2.72. The van der Waals surface area contributed by atoms with E-state index in [1.54, 1.807) is 31.4 Å². The fourth-order valence-electron chi connectivity index (χ4n) is 1.50. The number of carbonyl (C=O) groups excluding carboxylic acids is 1. The zero-order valence-electron chi connectivity index (χ0n) is 10.3. The average molecular weight is 263 g/mol. The van der Waals surface area contributed by atoms with Gasteiger partial charge in [0.15, 0.2) is 0 Å². The first-order valence-corrected chi connectivity index (χ1v) is 5.78. The first kappa shape index (κ1) is 13.0. The number of Topliss-reactive ketones (excluding diaryl/α,β-unsaturated/α-hetero) is 1. The number of rotatable bonds is 5. The summed E-state index contributed by atoms with van der Waals surface area (Å²) in [5.74, 6) is -0.718. The van der Waals surface area contributed by atoms with Crippen LogP contribution in [0.5, 0.6) is 5.75 Å². The molecule has 0 spiro atoms. The highest BCUT2D eigenvalue weighted by atomic mass is 16.6. The molecule has 0 saturated heterocycles. The van der Waals surface area contributed by atoms with Gasteiger partial charge >= 0.3 is 5.84 Å². The van der Waals surface area contributed by atoms with Crippen molar-refractivity contribution in [3.63, 3.8) is 0 Å². The van der Waals surface area contributed by atoms with E-state index in [4.69, 9.17) is 4.74 Å². The van der Waals surface area contributed by atoms with Crippen molar-refractivity contribution in [1.82, 2.24) is 0 Å². The summed E-state index contributed by atoms with van der Waals surface area (Å²) in [6.07, 6.45) is 1.41. The molecule has 0 aromatic heterocycles. The van der Waals surface area contributed by atoms with Crippen LogP contribution in [0.1, 0.15) is 12.8 Å². The second-order valence-electron chi connectivity index (χ2n) is 4.17. The summed E-state index contributed by atoms with van der Waals surface area (Å²) in [4.78, 5) is 21.7. The molecule has 1 saturated carbocycles. The number of carbonyl (C=O) groups is 1. The molecule has 1 aliphatic rings. The van der Waals surface area contributed by atoms with Crippen molar-refractivity contribution < 1.29 is 14.5 Å². The smallest absolute Gasteiger partial charge is 0.431 e. The summed E-state index contributed by atoms with van der Waals surface area (Å²) in [6.45, 7) is 0. The van der Waals surface area contributed by atoms with Crippen molar-refractivity contribution in [3.05, 3.63) is 34.4 Å². The van der Waals surface area contributed by atoms with Gasteiger partial charge in [0.25, 0.3) is 5.78 Å². The van der Waals surface area contributed by atoms with E-state index in [-0.39, 0.29) is 5.92 Å². The van der Waals surface area contributed by atoms with E-state index in [9.17, 15) is 14.9 Å². The van der Waals surface area contributed by atoms with Crippen LogP contribution in [0.25, 0.3) is 0 Å². The molecule has 0 unspecified atom stereocenters. The zero-order valence-corrected chi connectivity index (χ0v) is 10.3. The van der Waals surface area contributed by atoms with Gasteiger partial charge in [-0.3, -0.25) is 4.79 Å². The Kier molecular flexibility index (Phi) is 3.74. The molecule has 1 aromatic rings. The van der Waals surface area contributed by atoms with Crippen molar-refractivity contribution >= 4 is 17.3 Å². The van der Waals surface area contributed by atoms with Gasteiger partial charge in [-0.1, -0.05) is 0 Å². The second kappa shape index (κ2) is 5.47. The molecule has 0 amide bonds. The fourth-order valence-corrected chi connectivity index (χ4v) is 1.50. The van der Waals surface area contributed by atoms with E-state index >= 15 is 0 Å². The van der Waals surface area contributed by atoms with Crippen molar-refractivity contribution in [2.24, 2.45) is 11.0 Å². The van der Waals surface area contributed by atoms with Gasteiger partial charge in [-0.25, -0.2) is 0 Å². The van der Waals surface area contributed by atoms with Crippen LogP contribution in [0.15, 0.2) is 29.4 Å². The lowest BCUT2D eigenvalue weighted by molar-refractivity contribution is -0.349. The number of benzene rings is 1. The molecule has 2 rings (SSSR count). The normalized spacial score (nSPS) is 14.9. The van der Waals surface area contributed by atoms with Gasteiger partial charge in [0.1, 0.15) is 5.75 Å².